The summed E-state index contributed by atoms with van der Waals surface area (Å²) in [5.74, 6) is 1.18. The predicted molar refractivity (Wildman–Crippen MR) is 85.2 cm³/mol. The minimum absolute atomic E-state index is 0.0584. The molecule has 0 aromatic carbocycles. The van der Waals surface area contributed by atoms with Crippen LogP contribution in [0.25, 0.3) is 0 Å². The van der Waals surface area contributed by atoms with Gasteiger partial charge in [0.1, 0.15) is 0 Å². The lowest BCUT2D eigenvalue weighted by Crippen LogP contribution is -2.37. The van der Waals surface area contributed by atoms with Crippen LogP contribution in [0.15, 0.2) is 17.1 Å². The third-order valence-electron chi connectivity index (χ3n) is 4.78. The zero-order valence-corrected chi connectivity index (χ0v) is 13.3. The van der Waals surface area contributed by atoms with Crippen LogP contribution in [0.4, 0.5) is 0 Å². The SMILES string of the molecule is COc1c[nH]c(CN(CC2CCC2)C[C@H]2CCCO2)cc1=O. The van der Waals surface area contributed by atoms with Gasteiger partial charge in [0.05, 0.1) is 13.2 Å². The molecule has 0 spiro atoms. The van der Waals surface area contributed by atoms with E-state index < -0.39 is 0 Å². The van der Waals surface area contributed by atoms with Gasteiger partial charge in [0.2, 0.25) is 5.43 Å². The molecule has 1 aromatic heterocycles. The molecule has 1 saturated heterocycles. The molecule has 0 bridgehead atoms. The van der Waals surface area contributed by atoms with Gasteiger partial charge >= 0.3 is 0 Å². The van der Waals surface area contributed by atoms with Crippen molar-refractivity contribution in [3.63, 3.8) is 0 Å². The van der Waals surface area contributed by atoms with E-state index in [-0.39, 0.29) is 5.43 Å². The van der Waals surface area contributed by atoms with Crippen LogP contribution < -0.4 is 10.2 Å². The summed E-state index contributed by atoms with van der Waals surface area (Å²) in [6.45, 7) is 3.73. The number of aromatic nitrogens is 1. The molecular formula is C17H26N2O3. The van der Waals surface area contributed by atoms with Crippen LogP contribution in [0.1, 0.15) is 37.8 Å². The second kappa shape index (κ2) is 7.29. The maximum atomic E-state index is 11.9. The van der Waals surface area contributed by atoms with E-state index in [0.29, 0.717) is 11.9 Å². The Morgan fingerprint density at radius 2 is 2.18 bits per heavy atom. The fourth-order valence-electron chi connectivity index (χ4n) is 3.31. The highest BCUT2D eigenvalue weighted by Gasteiger charge is 2.24. The molecule has 1 aromatic rings. The summed E-state index contributed by atoms with van der Waals surface area (Å²) in [6.07, 6.45) is 8.36. The number of aromatic amines is 1. The van der Waals surface area contributed by atoms with Gasteiger partial charge in [-0.2, -0.15) is 0 Å². The van der Waals surface area contributed by atoms with Gasteiger partial charge in [0.15, 0.2) is 5.75 Å². The molecule has 1 aliphatic heterocycles. The summed E-state index contributed by atoms with van der Waals surface area (Å²) in [4.78, 5) is 17.5. The fourth-order valence-corrected chi connectivity index (χ4v) is 3.31. The highest BCUT2D eigenvalue weighted by molar-refractivity contribution is 5.20. The van der Waals surface area contributed by atoms with Gasteiger partial charge in [-0.1, -0.05) is 6.42 Å². The number of hydrogen-bond acceptors (Lipinski definition) is 4. The van der Waals surface area contributed by atoms with Crippen molar-refractivity contribution < 1.29 is 9.47 Å². The average Bonchev–Trinajstić information content (AvgIpc) is 2.96. The number of nitrogens with one attached hydrogen (secondary N) is 1. The van der Waals surface area contributed by atoms with Crippen LogP contribution >= 0.6 is 0 Å². The van der Waals surface area contributed by atoms with E-state index in [1.54, 1.807) is 12.3 Å². The van der Waals surface area contributed by atoms with Crippen molar-refractivity contribution in [2.75, 3.05) is 26.8 Å². The maximum absolute atomic E-state index is 11.9. The minimum Gasteiger partial charge on any atom is -0.491 e. The van der Waals surface area contributed by atoms with Crippen LogP contribution in [0, 0.1) is 5.92 Å². The zero-order chi connectivity index (χ0) is 15.4. The summed E-state index contributed by atoms with van der Waals surface area (Å²) < 4.78 is 10.8. The van der Waals surface area contributed by atoms with E-state index in [0.717, 1.165) is 44.3 Å². The highest BCUT2D eigenvalue weighted by atomic mass is 16.5. The molecule has 0 unspecified atom stereocenters. The number of H-pyrrole nitrogens is 1. The summed E-state index contributed by atoms with van der Waals surface area (Å²) >= 11 is 0. The molecule has 0 amide bonds. The Kier molecular flexibility index (Phi) is 5.16. The second-order valence-corrected chi connectivity index (χ2v) is 6.52. The third kappa shape index (κ3) is 3.90. The molecule has 2 heterocycles. The van der Waals surface area contributed by atoms with Crippen molar-refractivity contribution in [1.82, 2.24) is 9.88 Å². The molecule has 1 atom stereocenters. The lowest BCUT2D eigenvalue weighted by atomic mass is 9.85. The van der Waals surface area contributed by atoms with E-state index in [4.69, 9.17) is 9.47 Å². The molecule has 2 fully saturated rings. The smallest absolute Gasteiger partial charge is 0.223 e. The van der Waals surface area contributed by atoms with Crippen molar-refractivity contribution in [2.24, 2.45) is 5.92 Å². The first-order valence-electron chi connectivity index (χ1n) is 8.34. The number of ether oxygens (including phenoxy) is 2. The molecule has 3 rings (SSSR count). The molecule has 1 N–H and O–H groups in total. The molecule has 1 aliphatic carbocycles. The predicted octanol–water partition coefficient (Wildman–Crippen LogP) is 2.16. The number of nitrogens with zero attached hydrogens (tertiary/aromatic N) is 1. The first-order chi connectivity index (χ1) is 10.7. The number of hydrogen-bond donors (Lipinski definition) is 1. The molecule has 1 saturated carbocycles. The van der Waals surface area contributed by atoms with Crippen molar-refractivity contribution in [3.8, 4) is 5.75 Å². The van der Waals surface area contributed by atoms with E-state index in [1.165, 1.54) is 32.8 Å². The maximum Gasteiger partial charge on any atom is 0.223 e. The normalized spacial score (nSPS) is 22.0. The van der Waals surface area contributed by atoms with Crippen LogP contribution in [0.5, 0.6) is 5.75 Å². The Labute approximate surface area is 131 Å². The first-order valence-corrected chi connectivity index (χ1v) is 8.34. The average molecular weight is 306 g/mol. The van der Waals surface area contributed by atoms with E-state index >= 15 is 0 Å². The molecule has 122 valence electrons. The largest absolute Gasteiger partial charge is 0.491 e. The summed E-state index contributed by atoms with van der Waals surface area (Å²) in [5, 5.41) is 0. The summed E-state index contributed by atoms with van der Waals surface area (Å²) in [5.41, 5.74) is 0.889. The zero-order valence-electron chi connectivity index (χ0n) is 13.3. The fraction of sp³-hybridized carbons (Fsp3) is 0.706. The quantitative estimate of drug-likeness (QED) is 0.839. The van der Waals surface area contributed by atoms with Gasteiger partial charge in [-0.15, -0.1) is 0 Å². The van der Waals surface area contributed by atoms with Crippen molar-refractivity contribution in [3.05, 3.63) is 28.2 Å². The van der Waals surface area contributed by atoms with Crippen molar-refractivity contribution in [1.29, 1.82) is 0 Å². The van der Waals surface area contributed by atoms with Gasteiger partial charge < -0.3 is 14.5 Å². The second-order valence-electron chi connectivity index (χ2n) is 6.52. The van der Waals surface area contributed by atoms with Crippen LogP contribution in [0.2, 0.25) is 0 Å². The Morgan fingerprint density at radius 3 is 2.77 bits per heavy atom. The molecule has 5 heteroatoms. The lowest BCUT2D eigenvalue weighted by molar-refractivity contribution is 0.0575. The highest BCUT2D eigenvalue weighted by Crippen LogP contribution is 2.28. The first kappa shape index (κ1) is 15.6. The number of methoxy groups -OCH3 is 1. The molecule has 0 radical (unpaired) electrons. The molecule has 2 aliphatic rings. The summed E-state index contributed by atoms with van der Waals surface area (Å²) in [7, 11) is 1.52. The van der Waals surface area contributed by atoms with Crippen LogP contribution in [-0.4, -0.2) is 42.8 Å². The van der Waals surface area contributed by atoms with Gasteiger partial charge in [-0.3, -0.25) is 9.69 Å². The topological polar surface area (TPSA) is 54.6 Å². The standard InChI is InChI=1S/C17H26N2O3/c1-21-17-9-18-14(8-16(17)20)11-19(10-13-4-2-5-13)12-15-6-3-7-22-15/h8-9,13,15H,2-7,10-12H2,1H3,(H,18,20)/t15-/m1/s1. The summed E-state index contributed by atoms with van der Waals surface area (Å²) in [6, 6.07) is 1.65. The molecule has 22 heavy (non-hydrogen) atoms. The van der Waals surface area contributed by atoms with Gasteiger partial charge in [-0.25, -0.2) is 0 Å². The van der Waals surface area contributed by atoms with E-state index in [1.807, 2.05) is 0 Å². The Hall–Kier alpha value is -1.33. The van der Waals surface area contributed by atoms with E-state index in [2.05, 4.69) is 9.88 Å². The van der Waals surface area contributed by atoms with Crippen molar-refractivity contribution >= 4 is 0 Å². The minimum atomic E-state index is -0.0584. The Bertz CT molecular complexity index is 533. The van der Waals surface area contributed by atoms with Gasteiger partial charge in [0, 0.05) is 44.2 Å². The van der Waals surface area contributed by atoms with E-state index in [9.17, 15) is 4.79 Å². The molecule has 5 nitrogen and oxygen atoms in total. The lowest BCUT2D eigenvalue weighted by Gasteiger charge is -2.33. The Morgan fingerprint density at radius 1 is 1.32 bits per heavy atom. The number of rotatable bonds is 7. The Balaban J connectivity index is 1.64. The van der Waals surface area contributed by atoms with Crippen LogP contribution in [-0.2, 0) is 11.3 Å². The molecular weight excluding hydrogens is 280 g/mol. The van der Waals surface area contributed by atoms with Gasteiger partial charge in [-0.05, 0) is 31.6 Å². The van der Waals surface area contributed by atoms with Crippen molar-refractivity contribution in [2.45, 2.75) is 44.8 Å². The van der Waals surface area contributed by atoms with Crippen LogP contribution in [0.3, 0.4) is 0 Å². The third-order valence-corrected chi connectivity index (χ3v) is 4.78. The number of pyridine rings is 1. The van der Waals surface area contributed by atoms with Gasteiger partial charge in [0.25, 0.3) is 0 Å². The monoisotopic (exact) mass is 306 g/mol.